The van der Waals surface area contributed by atoms with Crippen LogP contribution in [0.2, 0.25) is 0 Å². The lowest BCUT2D eigenvalue weighted by Gasteiger charge is -2.50. The van der Waals surface area contributed by atoms with Crippen LogP contribution in [0, 0.1) is 11.8 Å². The zero-order chi connectivity index (χ0) is 17.3. The van der Waals surface area contributed by atoms with Crippen molar-refractivity contribution in [2.75, 3.05) is 25.5 Å². The number of ether oxygens (including phenoxy) is 1. The van der Waals surface area contributed by atoms with Crippen LogP contribution in [0.3, 0.4) is 0 Å². The maximum Gasteiger partial charge on any atom is 0.335 e. The molecule has 5 heteroatoms. The number of esters is 1. The summed E-state index contributed by atoms with van der Waals surface area (Å²) in [6.45, 7) is 4.46. The lowest BCUT2D eigenvalue weighted by molar-refractivity contribution is -0.137. The molecule has 0 amide bonds. The number of nitrogens with one attached hydrogen (secondary N) is 1. The van der Waals surface area contributed by atoms with Crippen molar-refractivity contribution in [1.29, 1.82) is 0 Å². The number of methoxy groups -OCH3 is 1. The normalized spacial score (nSPS) is 35.2. The molecular weight excluding hydrogens is 380 g/mol. The van der Waals surface area contributed by atoms with Gasteiger partial charge in [-0.3, -0.25) is 4.90 Å². The van der Waals surface area contributed by atoms with E-state index in [-0.39, 0.29) is 11.4 Å². The molecule has 4 aliphatic rings. The summed E-state index contributed by atoms with van der Waals surface area (Å²) in [4.78, 5) is 15.5. The van der Waals surface area contributed by atoms with Crippen LogP contribution in [0.5, 0.6) is 0 Å². The molecule has 5 rings (SSSR count). The first-order valence-electron chi connectivity index (χ1n) is 9.24. The van der Waals surface area contributed by atoms with Gasteiger partial charge < -0.3 is 10.1 Å². The molecule has 1 spiro atoms. The van der Waals surface area contributed by atoms with Crippen LogP contribution in [0.4, 0.5) is 5.69 Å². The van der Waals surface area contributed by atoms with Gasteiger partial charge in [0, 0.05) is 22.8 Å². The van der Waals surface area contributed by atoms with Crippen molar-refractivity contribution in [2.45, 2.75) is 37.6 Å². The van der Waals surface area contributed by atoms with Gasteiger partial charge in [-0.25, -0.2) is 4.79 Å². The Hall–Kier alpha value is -1.33. The van der Waals surface area contributed by atoms with Crippen molar-refractivity contribution in [3.05, 3.63) is 39.5 Å². The van der Waals surface area contributed by atoms with Crippen LogP contribution in [-0.2, 0) is 14.9 Å². The number of anilines is 1. The molecule has 2 fully saturated rings. The van der Waals surface area contributed by atoms with Crippen LogP contribution in [-0.4, -0.2) is 37.1 Å². The van der Waals surface area contributed by atoms with Crippen molar-refractivity contribution in [2.24, 2.45) is 11.8 Å². The van der Waals surface area contributed by atoms with Crippen molar-refractivity contribution < 1.29 is 9.53 Å². The first-order chi connectivity index (χ1) is 12.1. The Kier molecular flexibility index (Phi) is 3.39. The third kappa shape index (κ3) is 1.83. The second kappa shape index (κ2) is 5.34. The maximum absolute atomic E-state index is 12.8. The van der Waals surface area contributed by atoms with Gasteiger partial charge in [-0.15, -0.1) is 0 Å². The maximum atomic E-state index is 12.8. The van der Waals surface area contributed by atoms with Gasteiger partial charge in [0.2, 0.25) is 0 Å². The van der Waals surface area contributed by atoms with Crippen LogP contribution in [0.1, 0.15) is 31.7 Å². The Morgan fingerprint density at radius 3 is 3.08 bits per heavy atom. The van der Waals surface area contributed by atoms with E-state index in [1.807, 2.05) is 0 Å². The van der Waals surface area contributed by atoms with E-state index in [0.717, 1.165) is 53.8 Å². The zero-order valence-corrected chi connectivity index (χ0v) is 16.2. The summed E-state index contributed by atoms with van der Waals surface area (Å²) in [6.07, 6.45) is 3.25. The van der Waals surface area contributed by atoms with Crippen LogP contribution in [0.15, 0.2) is 33.9 Å². The van der Waals surface area contributed by atoms with E-state index in [1.165, 1.54) is 12.7 Å². The van der Waals surface area contributed by atoms with E-state index in [9.17, 15) is 4.79 Å². The highest BCUT2D eigenvalue weighted by Gasteiger charge is 2.62. The number of para-hydroxylation sites is 1. The van der Waals surface area contributed by atoms with E-state index >= 15 is 0 Å². The third-order valence-electron chi connectivity index (χ3n) is 7.08. The summed E-state index contributed by atoms with van der Waals surface area (Å²) in [6, 6.07) is 6.93. The Labute approximate surface area is 156 Å². The number of hydrogen-bond acceptors (Lipinski definition) is 4. The first kappa shape index (κ1) is 15.9. The van der Waals surface area contributed by atoms with E-state index < -0.39 is 0 Å². The fourth-order valence-corrected chi connectivity index (χ4v) is 6.47. The molecule has 0 radical (unpaired) electrons. The fraction of sp³-hybridized carbons (Fsp3) is 0.550. The van der Waals surface area contributed by atoms with Gasteiger partial charge in [0.15, 0.2) is 0 Å². The molecule has 0 saturated carbocycles. The number of carbonyl (C=O) groups is 1. The summed E-state index contributed by atoms with van der Waals surface area (Å²) in [5.74, 6) is 0.691. The predicted molar refractivity (Wildman–Crippen MR) is 100 cm³/mol. The highest BCUT2D eigenvalue weighted by Crippen LogP contribution is 2.62. The quantitative estimate of drug-likeness (QED) is 0.766. The predicted octanol–water partition coefficient (Wildman–Crippen LogP) is 3.67. The number of fused-ring (bicyclic) bond motifs is 2. The number of nitrogens with zero attached hydrogens (tertiary/aromatic N) is 1. The van der Waals surface area contributed by atoms with E-state index in [4.69, 9.17) is 4.74 Å². The van der Waals surface area contributed by atoms with Crippen LogP contribution < -0.4 is 5.32 Å². The Morgan fingerprint density at radius 2 is 2.32 bits per heavy atom. The standard InChI is InChI=1S/C20H23BrN2O2/c1-3-11-10-23-8-7-20-13-5-4-6-14(21)17(13)22-18(20)16(19(24)25-2)12(11)9-15(20)23/h4-6,11-12,15,22H,3,7-10H2,1-2H3/t11-,12+,15+,20?/m1/s1. The summed E-state index contributed by atoms with van der Waals surface area (Å²) in [7, 11) is 1.51. The SMILES string of the molecule is CC[C@@H]1CN2CCC34C(=C(C(=O)OC)[C@H]1C[C@H]23)Nc1c(Br)cccc14. The molecule has 0 aromatic heterocycles. The third-order valence-corrected chi connectivity index (χ3v) is 7.74. The molecule has 25 heavy (non-hydrogen) atoms. The number of carbonyl (C=O) groups excluding carboxylic acids is 1. The summed E-state index contributed by atoms with van der Waals surface area (Å²) < 4.78 is 6.33. The average molecular weight is 403 g/mol. The van der Waals surface area contributed by atoms with E-state index in [2.05, 4.69) is 51.3 Å². The zero-order valence-electron chi connectivity index (χ0n) is 14.6. The van der Waals surface area contributed by atoms with Gasteiger partial charge >= 0.3 is 5.97 Å². The van der Waals surface area contributed by atoms with Gasteiger partial charge in [-0.2, -0.15) is 0 Å². The molecule has 1 unspecified atom stereocenters. The highest BCUT2D eigenvalue weighted by molar-refractivity contribution is 9.10. The van der Waals surface area contributed by atoms with Crippen LogP contribution in [0.25, 0.3) is 0 Å². The Morgan fingerprint density at radius 1 is 1.48 bits per heavy atom. The molecular formula is C20H23BrN2O2. The van der Waals surface area contributed by atoms with Gasteiger partial charge in [0.05, 0.1) is 23.8 Å². The molecule has 1 aromatic rings. The Bertz CT molecular complexity index is 805. The second-order valence-electron chi connectivity index (χ2n) is 7.81. The molecule has 1 aliphatic carbocycles. The fourth-order valence-electron chi connectivity index (χ4n) is 6.01. The first-order valence-corrected chi connectivity index (χ1v) is 10.0. The highest BCUT2D eigenvalue weighted by atomic mass is 79.9. The molecule has 3 aliphatic heterocycles. The summed E-state index contributed by atoms with van der Waals surface area (Å²) >= 11 is 3.71. The average Bonchev–Trinajstić information content (AvgIpc) is 3.18. The van der Waals surface area contributed by atoms with Crippen molar-refractivity contribution >= 4 is 27.6 Å². The number of piperidine rings is 1. The smallest absolute Gasteiger partial charge is 0.335 e. The topological polar surface area (TPSA) is 41.6 Å². The van der Waals surface area contributed by atoms with Crippen molar-refractivity contribution in [3.8, 4) is 0 Å². The lowest BCUT2D eigenvalue weighted by atomic mass is 9.60. The molecule has 2 bridgehead atoms. The number of halogens is 1. The summed E-state index contributed by atoms with van der Waals surface area (Å²) in [5.41, 5.74) is 4.46. The minimum atomic E-state index is -0.145. The number of benzene rings is 1. The summed E-state index contributed by atoms with van der Waals surface area (Å²) in [5, 5.41) is 3.67. The molecule has 1 N–H and O–H groups in total. The Balaban J connectivity index is 1.80. The minimum absolute atomic E-state index is 0.0716. The number of hydrogen-bond donors (Lipinski definition) is 1. The molecule has 1 aromatic carbocycles. The van der Waals surface area contributed by atoms with Gasteiger partial charge in [0.25, 0.3) is 0 Å². The second-order valence-corrected chi connectivity index (χ2v) is 8.66. The molecule has 4 nitrogen and oxygen atoms in total. The number of rotatable bonds is 2. The van der Waals surface area contributed by atoms with Crippen molar-refractivity contribution in [3.63, 3.8) is 0 Å². The largest absolute Gasteiger partial charge is 0.466 e. The van der Waals surface area contributed by atoms with Crippen molar-refractivity contribution in [1.82, 2.24) is 4.90 Å². The molecule has 2 saturated heterocycles. The lowest BCUT2D eigenvalue weighted by Crippen LogP contribution is -2.55. The van der Waals surface area contributed by atoms with Gasteiger partial charge in [-0.05, 0) is 58.8 Å². The van der Waals surface area contributed by atoms with Gasteiger partial charge in [-0.1, -0.05) is 25.5 Å². The van der Waals surface area contributed by atoms with E-state index in [1.54, 1.807) is 0 Å². The monoisotopic (exact) mass is 402 g/mol. The molecule has 4 atom stereocenters. The van der Waals surface area contributed by atoms with Gasteiger partial charge in [0.1, 0.15) is 0 Å². The molecule has 132 valence electrons. The van der Waals surface area contributed by atoms with E-state index in [0.29, 0.717) is 17.9 Å². The minimum Gasteiger partial charge on any atom is -0.466 e. The van der Waals surface area contributed by atoms with Crippen LogP contribution >= 0.6 is 15.9 Å². The molecule has 3 heterocycles.